The summed E-state index contributed by atoms with van der Waals surface area (Å²) in [6.07, 6.45) is 10.1. The molecule has 1 aliphatic carbocycles. The van der Waals surface area contributed by atoms with E-state index in [0.29, 0.717) is 6.54 Å². The number of rotatable bonds is 5. The van der Waals surface area contributed by atoms with Gasteiger partial charge >= 0.3 is 0 Å². The van der Waals surface area contributed by atoms with Crippen molar-refractivity contribution in [3.05, 3.63) is 64.8 Å². The van der Waals surface area contributed by atoms with E-state index >= 15 is 0 Å². The summed E-state index contributed by atoms with van der Waals surface area (Å²) in [7, 11) is 0. The number of amides is 1. The first-order valence-electron chi connectivity index (χ1n) is 10.0. The lowest BCUT2D eigenvalue weighted by Gasteiger charge is -2.42. The fourth-order valence-corrected chi connectivity index (χ4v) is 3.68. The average molecular weight is 366 g/mol. The molecule has 1 aliphatic rings. The van der Waals surface area contributed by atoms with E-state index in [-0.39, 0.29) is 16.7 Å². The first kappa shape index (κ1) is 21.2. The van der Waals surface area contributed by atoms with E-state index in [4.69, 9.17) is 0 Å². The molecule has 1 amide bonds. The van der Waals surface area contributed by atoms with Crippen LogP contribution >= 0.6 is 0 Å². The van der Waals surface area contributed by atoms with Crippen LogP contribution in [0.5, 0.6) is 0 Å². The van der Waals surface area contributed by atoms with Crippen LogP contribution in [0.4, 0.5) is 0 Å². The Morgan fingerprint density at radius 3 is 2.26 bits per heavy atom. The Labute approximate surface area is 165 Å². The van der Waals surface area contributed by atoms with Crippen molar-refractivity contribution >= 4 is 11.5 Å². The van der Waals surface area contributed by atoms with Gasteiger partial charge in [-0.15, -0.1) is 0 Å². The number of fused-ring (bicyclic) bond motifs is 1. The molecule has 1 aromatic carbocycles. The molecule has 0 bridgehead atoms. The Kier molecular flexibility index (Phi) is 6.51. The molecule has 2 heteroatoms. The predicted molar refractivity (Wildman–Crippen MR) is 117 cm³/mol. The summed E-state index contributed by atoms with van der Waals surface area (Å²) < 4.78 is 0. The lowest BCUT2D eigenvalue weighted by Crippen LogP contribution is -2.33. The summed E-state index contributed by atoms with van der Waals surface area (Å²) in [4.78, 5) is 11.5. The molecule has 0 spiro atoms. The summed E-state index contributed by atoms with van der Waals surface area (Å²) in [6.45, 7) is 16.2. The standard InChI is InChI=1S/C25H35NO/c1-8-26-23(27)14-10-18(2)9-11-19(3)20-12-13-21-22(17-20)25(6,7)16-15-24(21,4)5/h9-14,17H,8,15-16H2,1-7H3,(H,26,27). The van der Waals surface area contributed by atoms with Gasteiger partial charge in [-0.25, -0.2) is 0 Å². The summed E-state index contributed by atoms with van der Waals surface area (Å²) in [5, 5.41) is 2.77. The van der Waals surface area contributed by atoms with Crippen LogP contribution in [0, 0.1) is 0 Å². The van der Waals surface area contributed by atoms with Crippen molar-refractivity contribution < 1.29 is 4.79 Å². The molecule has 1 aromatic rings. The molecule has 0 atom stereocenters. The summed E-state index contributed by atoms with van der Waals surface area (Å²) in [5.41, 5.74) is 7.02. The van der Waals surface area contributed by atoms with Gasteiger partial charge in [0.2, 0.25) is 5.91 Å². The molecule has 0 saturated carbocycles. The highest BCUT2D eigenvalue weighted by molar-refractivity contribution is 5.87. The number of benzene rings is 1. The van der Waals surface area contributed by atoms with E-state index in [1.165, 1.54) is 35.1 Å². The Morgan fingerprint density at radius 1 is 1.00 bits per heavy atom. The van der Waals surface area contributed by atoms with Crippen LogP contribution in [0.25, 0.3) is 5.57 Å². The normalized spacial score (nSPS) is 19.1. The number of allylic oxidation sites excluding steroid dienone is 5. The van der Waals surface area contributed by atoms with Gasteiger partial charge in [0.05, 0.1) is 0 Å². The third-order valence-corrected chi connectivity index (χ3v) is 5.75. The number of hydrogen-bond donors (Lipinski definition) is 1. The zero-order valence-electron chi connectivity index (χ0n) is 18.1. The third kappa shape index (κ3) is 5.22. The fourth-order valence-electron chi connectivity index (χ4n) is 3.68. The highest BCUT2D eigenvalue weighted by Gasteiger charge is 2.36. The van der Waals surface area contributed by atoms with Gasteiger partial charge in [0.25, 0.3) is 0 Å². The van der Waals surface area contributed by atoms with Crippen LogP contribution in [0.1, 0.15) is 78.0 Å². The Bertz CT molecular complexity index is 791. The van der Waals surface area contributed by atoms with Crippen LogP contribution < -0.4 is 5.32 Å². The molecule has 0 aromatic heterocycles. The number of likely N-dealkylation sites (N-methyl/N-ethyl adjacent to an activating group) is 1. The molecule has 2 nitrogen and oxygen atoms in total. The maximum absolute atomic E-state index is 11.5. The quantitative estimate of drug-likeness (QED) is 0.497. The van der Waals surface area contributed by atoms with Crippen molar-refractivity contribution in [1.29, 1.82) is 0 Å². The van der Waals surface area contributed by atoms with Gasteiger partial charge in [0.15, 0.2) is 0 Å². The molecule has 0 heterocycles. The maximum atomic E-state index is 11.5. The highest BCUT2D eigenvalue weighted by atomic mass is 16.1. The Hall–Kier alpha value is -2.09. The second-order valence-corrected chi connectivity index (χ2v) is 9.02. The summed E-state index contributed by atoms with van der Waals surface area (Å²) in [5.74, 6) is -0.0505. The van der Waals surface area contributed by atoms with E-state index in [9.17, 15) is 4.79 Å². The van der Waals surface area contributed by atoms with Crippen LogP contribution in [-0.4, -0.2) is 12.5 Å². The molecule has 146 valence electrons. The van der Waals surface area contributed by atoms with Crippen LogP contribution in [-0.2, 0) is 15.6 Å². The molecule has 0 radical (unpaired) electrons. The van der Waals surface area contributed by atoms with E-state index in [0.717, 1.165) is 5.57 Å². The minimum Gasteiger partial charge on any atom is -0.353 e. The topological polar surface area (TPSA) is 29.1 Å². The van der Waals surface area contributed by atoms with Crippen molar-refractivity contribution in [2.75, 3.05) is 6.54 Å². The predicted octanol–water partition coefficient (Wildman–Crippen LogP) is 6.08. The van der Waals surface area contributed by atoms with Gasteiger partial charge in [-0.1, -0.05) is 69.7 Å². The van der Waals surface area contributed by atoms with Gasteiger partial charge in [-0.2, -0.15) is 0 Å². The van der Waals surface area contributed by atoms with Gasteiger partial charge in [0, 0.05) is 12.6 Å². The third-order valence-electron chi connectivity index (χ3n) is 5.75. The van der Waals surface area contributed by atoms with Gasteiger partial charge < -0.3 is 5.32 Å². The molecule has 0 unspecified atom stereocenters. The number of hydrogen-bond acceptors (Lipinski definition) is 1. The maximum Gasteiger partial charge on any atom is 0.243 e. The van der Waals surface area contributed by atoms with Crippen LogP contribution in [0.2, 0.25) is 0 Å². The fraction of sp³-hybridized carbons (Fsp3) is 0.480. The van der Waals surface area contributed by atoms with Crippen LogP contribution in [0.15, 0.2) is 48.1 Å². The molecule has 0 saturated heterocycles. The zero-order chi connectivity index (χ0) is 20.2. The van der Waals surface area contributed by atoms with E-state index in [2.05, 4.69) is 70.3 Å². The van der Waals surface area contributed by atoms with Gasteiger partial charge in [-0.05, 0) is 66.7 Å². The van der Waals surface area contributed by atoms with Gasteiger partial charge in [-0.3, -0.25) is 4.79 Å². The second kappa shape index (κ2) is 8.29. The SMILES string of the molecule is CCNC(=O)C=CC(C)=CC=C(C)c1ccc2c(c1)C(C)(C)CCC2(C)C. The molecule has 27 heavy (non-hydrogen) atoms. The highest BCUT2D eigenvalue weighted by Crippen LogP contribution is 2.46. The van der Waals surface area contributed by atoms with Crippen molar-refractivity contribution in [1.82, 2.24) is 5.32 Å². The number of carbonyl (C=O) groups is 1. The number of carbonyl (C=O) groups excluding carboxylic acids is 1. The van der Waals surface area contributed by atoms with E-state index < -0.39 is 0 Å². The smallest absolute Gasteiger partial charge is 0.243 e. The Balaban J connectivity index is 2.27. The van der Waals surface area contributed by atoms with Crippen molar-refractivity contribution in [2.24, 2.45) is 0 Å². The van der Waals surface area contributed by atoms with E-state index in [1.807, 2.05) is 19.9 Å². The molecular weight excluding hydrogens is 330 g/mol. The lowest BCUT2D eigenvalue weighted by molar-refractivity contribution is -0.116. The first-order chi connectivity index (χ1) is 12.6. The molecule has 0 fully saturated rings. The largest absolute Gasteiger partial charge is 0.353 e. The average Bonchev–Trinajstić information content (AvgIpc) is 2.62. The Morgan fingerprint density at radius 2 is 1.63 bits per heavy atom. The first-order valence-corrected chi connectivity index (χ1v) is 10.0. The van der Waals surface area contributed by atoms with Crippen molar-refractivity contribution in [2.45, 2.75) is 72.1 Å². The second-order valence-electron chi connectivity index (χ2n) is 9.02. The molecular formula is C25H35NO. The molecule has 0 aliphatic heterocycles. The summed E-state index contributed by atoms with van der Waals surface area (Å²) in [6, 6.07) is 6.96. The minimum absolute atomic E-state index is 0.0505. The van der Waals surface area contributed by atoms with E-state index in [1.54, 1.807) is 6.08 Å². The minimum atomic E-state index is -0.0505. The van der Waals surface area contributed by atoms with Crippen LogP contribution in [0.3, 0.4) is 0 Å². The van der Waals surface area contributed by atoms with Gasteiger partial charge in [0.1, 0.15) is 0 Å². The zero-order valence-corrected chi connectivity index (χ0v) is 18.1. The van der Waals surface area contributed by atoms with Crippen molar-refractivity contribution in [3.8, 4) is 0 Å². The molecule has 2 rings (SSSR count). The molecule has 1 N–H and O–H groups in total. The van der Waals surface area contributed by atoms with Crippen molar-refractivity contribution in [3.63, 3.8) is 0 Å². The monoisotopic (exact) mass is 365 g/mol. The lowest BCUT2D eigenvalue weighted by atomic mass is 9.63. The number of nitrogens with one attached hydrogen (secondary N) is 1. The summed E-state index contributed by atoms with van der Waals surface area (Å²) >= 11 is 0.